The zero-order valence-corrected chi connectivity index (χ0v) is 14.8. The summed E-state index contributed by atoms with van der Waals surface area (Å²) in [5.74, 6) is 0. The summed E-state index contributed by atoms with van der Waals surface area (Å²) in [5, 5.41) is 2.91. The van der Waals surface area contributed by atoms with Gasteiger partial charge in [0, 0.05) is 19.6 Å². The van der Waals surface area contributed by atoms with E-state index in [0.717, 1.165) is 16.7 Å². The first-order valence-corrected chi connectivity index (χ1v) is 9.60. The molecule has 0 bridgehead atoms. The van der Waals surface area contributed by atoms with Gasteiger partial charge in [0.1, 0.15) is 0 Å². The van der Waals surface area contributed by atoms with Crippen LogP contribution in [0.1, 0.15) is 16.7 Å². The molecule has 7 heteroatoms. The number of hydrogen-bond donors (Lipinski definition) is 2. The maximum absolute atomic E-state index is 12.4. The minimum absolute atomic E-state index is 0.142. The first kappa shape index (κ1) is 17.4. The van der Waals surface area contributed by atoms with Crippen molar-refractivity contribution >= 4 is 16.1 Å². The van der Waals surface area contributed by atoms with Gasteiger partial charge in [-0.1, -0.05) is 36.4 Å². The molecule has 2 amide bonds. The Bertz CT molecular complexity index is 866. The van der Waals surface area contributed by atoms with Gasteiger partial charge < -0.3 is 10.2 Å². The summed E-state index contributed by atoms with van der Waals surface area (Å²) >= 11 is 0. The lowest BCUT2D eigenvalue weighted by molar-refractivity contribution is 0.192. The van der Waals surface area contributed by atoms with Crippen LogP contribution in [0.5, 0.6) is 0 Å². The van der Waals surface area contributed by atoms with Crippen LogP contribution in [0.3, 0.4) is 0 Å². The van der Waals surface area contributed by atoms with Gasteiger partial charge in [-0.15, -0.1) is 0 Å². The molecule has 0 saturated carbocycles. The van der Waals surface area contributed by atoms with Crippen LogP contribution in [0.15, 0.2) is 53.4 Å². The molecule has 0 fully saturated rings. The summed E-state index contributed by atoms with van der Waals surface area (Å²) in [7, 11) is -2.10. The van der Waals surface area contributed by atoms with Gasteiger partial charge >= 0.3 is 6.03 Å². The van der Waals surface area contributed by atoms with Crippen molar-refractivity contribution < 1.29 is 13.2 Å². The number of urea groups is 1. The first-order valence-electron chi connectivity index (χ1n) is 8.11. The fraction of sp³-hybridized carbons (Fsp3) is 0.278. The smallest absolute Gasteiger partial charge is 0.317 e. The fourth-order valence-corrected chi connectivity index (χ4v) is 3.66. The van der Waals surface area contributed by atoms with Crippen LogP contribution in [0, 0.1) is 0 Å². The Balaban J connectivity index is 1.69. The third kappa shape index (κ3) is 4.00. The van der Waals surface area contributed by atoms with Gasteiger partial charge in [-0.2, -0.15) is 0 Å². The largest absolute Gasteiger partial charge is 0.334 e. The molecule has 0 spiro atoms. The molecule has 0 aromatic heterocycles. The van der Waals surface area contributed by atoms with Gasteiger partial charge in [-0.05, 0) is 42.3 Å². The average Bonchev–Trinajstić information content (AvgIpc) is 2.66. The Labute approximate surface area is 147 Å². The normalized spacial score (nSPS) is 14.0. The summed E-state index contributed by atoms with van der Waals surface area (Å²) in [6.45, 7) is 1.49. The van der Waals surface area contributed by atoms with Crippen molar-refractivity contribution in [2.24, 2.45) is 0 Å². The number of carbonyl (C=O) groups excluding carboxylic acids is 1. The molecule has 0 unspecified atom stereocenters. The topological polar surface area (TPSA) is 78.5 Å². The molecular weight excluding hydrogens is 338 g/mol. The van der Waals surface area contributed by atoms with Crippen molar-refractivity contribution in [3.8, 4) is 0 Å². The average molecular weight is 359 g/mol. The SMILES string of the molecule is CNS(=O)(=O)c1ccc2c(c1)CN(C(=O)NCc1ccccc1)CC2. The van der Waals surface area contributed by atoms with E-state index in [1.54, 1.807) is 17.0 Å². The van der Waals surface area contributed by atoms with Gasteiger partial charge in [0.15, 0.2) is 0 Å². The molecule has 2 N–H and O–H groups in total. The zero-order chi connectivity index (χ0) is 17.9. The third-order valence-electron chi connectivity index (χ3n) is 4.34. The monoisotopic (exact) mass is 359 g/mol. The highest BCUT2D eigenvalue weighted by Crippen LogP contribution is 2.22. The van der Waals surface area contributed by atoms with Gasteiger partial charge in [-0.25, -0.2) is 17.9 Å². The van der Waals surface area contributed by atoms with Crippen molar-refractivity contribution in [3.63, 3.8) is 0 Å². The maximum Gasteiger partial charge on any atom is 0.317 e. The number of sulfonamides is 1. The van der Waals surface area contributed by atoms with Crippen LogP contribution in [0.25, 0.3) is 0 Å². The highest BCUT2D eigenvalue weighted by Gasteiger charge is 2.22. The highest BCUT2D eigenvalue weighted by molar-refractivity contribution is 7.89. The molecule has 1 aliphatic rings. The van der Waals surface area contributed by atoms with E-state index < -0.39 is 10.0 Å². The van der Waals surface area contributed by atoms with E-state index in [1.807, 2.05) is 36.4 Å². The lowest BCUT2D eigenvalue weighted by atomic mass is 10.0. The van der Waals surface area contributed by atoms with Crippen molar-refractivity contribution in [2.45, 2.75) is 24.4 Å². The summed E-state index contributed by atoms with van der Waals surface area (Å²) in [5.41, 5.74) is 3.00. The van der Waals surface area contributed by atoms with Crippen LogP contribution in [-0.2, 0) is 29.5 Å². The number of amides is 2. The molecule has 0 saturated heterocycles. The molecule has 2 aromatic rings. The molecule has 0 atom stereocenters. The predicted molar refractivity (Wildman–Crippen MR) is 95.5 cm³/mol. The molecular formula is C18H21N3O3S. The van der Waals surface area contributed by atoms with Crippen LogP contribution in [0.4, 0.5) is 4.79 Å². The van der Waals surface area contributed by atoms with Crippen LogP contribution in [-0.4, -0.2) is 32.9 Å². The number of hydrogen-bond acceptors (Lipinski definition) is 3. The molecule has 1 heterocycles. The Morgan fingerprint density at radius 1 is 1.12 bits per heavy atom. The molecule has 6 nitrogen and oxygen atoms in total. The number of nitrogens with zero attached hydrogens (tertiary/aromatic N) is 1. The van der Waals surface area contributed by atoms with E-state index >= 15 is 0 Å². The van der Waals surface area contributed by atoms with E-state index in [9.17, 15) is 13.2 Å². The molecule has 0 radical (unpaired) electrons. The summed E-state index contributed by atoms with van der Waals surface area (Å²) in [4.78, 5) is 14.3. The lowest BCUT2D eigenvalue weighted by Crippen LogP contribution is -2.42. The van der Waals surface area contributed by atoms with Crippen LogP contribution >= 0.6 is 0 Å². The van der Waals surface area contributed by atoms with Crippen molar-refractivity contribution in [1.29, 1.82) is 0 Å². The van der Waals surface area contributed by atoms with Gasteiger partial charge in [0.25, 0.3) is 0 Å². The molecule has 25 heavy (non-hydrogen) atoms. The lowest BCUT2D eigenvalue weighted by Gasteiger charge is -2.29. The standard InChI is InChI=1S/C18H21N3O3S/c1-19-25(23,24)17-8-7-15-9-10-21(13-16(15)11-17)18(22)20-12-14-5-3-2-4-6-14/h2-8,11,19H,9-10,12-13H2,1H3,(H,20,22). The van der Waals surface area contributed by atoms with E-state index in [1.165, 1.54) is 7.05 Å². The van der Waals surface area contributed by atoms with Crippen LogP contribution < -0.4 is 10.0 Å². The van der Waals surface area contributed by atoms with E-state index in [4.69, 9.17) is 0 Å². The number of nitrogens with one attached hydrogen (secondary N) is 2. The Morgan fingerprint density at radius 2 is 1.88 bits per heavy atom. The quantitative estimate of drug-likeness (QED) is 0.875. The summed E-state index contributed by atoms with van der Waals surface area (Å²) < 4.78 is 26.2. The third-order valence-corrected chi connectivity index (χ3v) is 5.75. The second-order valence-corrected chi connectivity index (χ2v) is 7.84. The molecule has 2 aromatic carbocycles. The Morgan fingerprint density at radius 3 is 2.60 bits per heavy atom. The minimum Gasteiger partial charge on any atom is -0.334 e. The highest BCUT2D eigenvalue weighted by atomic mass is 32.2. The van der Waals surface area contributed by atoms with Gasteiger partial charge in [-0.3, -0.25) is 0 Å². The predicted octanol–water partition coefficient (Wildman–Crippen LogP) is 1.86. The number of fused-ring (bicyclic) bond motifs is 1. The maximum atomic E-state index is 12.4. The Hall–Kier alpha value is -2.38. The summed E-state index contributed by atoms with van der Waals surface area (Å²) in [6, 6.07) is 14.7. The zero-order valence-electron chi connectivity index (χ0n) is 14.0. The van der Waals surface area contributed by atoms with Gasteiger partial charge in [0.2, 0.25) is 10.0 Å². The second-order valence-electron chi connectivity index (χ2n) is 5.95. The minimum atomic E-state index is -3.48. The van der Waals surface area contributed by atoms with E-state index in [0.29, 0.717) is 26.1 Å². The van der Waals surface area contributed by atoms with Crippen molar-refractivity contribution in [1.82, 2.24) is 14.9 Å². The molecule has 3 rings (SSSR count). The number of rotatable bonds is 4. The second kappa shape index (κ2) is 7.25. The molecule has 0 aliphatic carbocycles. The molecule has 132 valence electrons. The molecule has 1 aliphatic heterocycles. The van der Waals surface area contributed by atoms with E-state index in [-0.39, 0.29) is 10.9 Å². The number of carbonyl (C=O) groups is 1. The Kier molecular flexibility index (Phi) is 5.06. The van der Waals surface area contributed by atoms with E-state index in [2.05, 4.69) is 10.0 Å². The van der Waals surface area contributed by atoms with Crippen molar-refractivity contribution in [3.05, 3.63) is 65.2 Å². The van der Waals surface area contributed by atoms with Crippen LogP contribution in [0.2, 0.25) is 0 Å². The summed E-state index contributed by atoms with van der Waals surface area (Å²) in [6.07, 6.45) is 0.716. The first-order chi connectivity index (χ1) is 12.0. The van der Waals surface area contributed by atoms with Crippen molar-refractivity contribution in [2.75, 3.05) is 13.6 Å². The number of benzene rings is 2. The van der Waals surface area contributed by atoms with Gasteiger partial charge in [0.05, 0.1) is 4.90 Å². The fourth-order valence-electron chi connectivity index (χ4n) is 2.88.